The molecule has 2 aromatic carbocycles. The minimum Gasteiger partial charge on any atom is -0.543 e. The van der Waals surface area contributed by atoms with Gasteiger partial charge in [-0.05, 0) is 90.7 Å². The second-order valence-corrected chi connectivity index (χ2v) is 44.1. The molecular formula is C53H86O15Si4. The van der Waals surface area contributed by atoms with E-state index in [0.29, 0.717) is 39.9 Å². The van der Waals surface area contributed by atoms with E-state index in [1.54, 1.807) is 0 Å². The third-order valence-electron chi connectivity index (χ3n) is 15.0. The Bertz CT molecular complexity index is 2350. The van der Waals surface area contributed by atoms with E-state index in [0.717, 1.165) is 0 Å². The lowest BCUT2D eigenvalue weighted by molar-refractivity contribution is -0.301. The maximum absolute atomic E-state index is 13.0. The molecule has 2 aromatic rings. The minimum absolute atomic E-state index is 0.127. The predicted octanol–water partition coefficient (Wildman–Crippen LogP) is 12.8. The SMILES string of the molecule is CC(=O)OC[C@H]1O[C@@H](OC2=Cc3c(cc(O[Si](C)(C)C(C)(C)C)cc3O[Si](C)(C)C(C)(C)C)O[C@@H]2c2ccc(O[Si](C)(C)C(C)(C)C)c(O[Si](C)(C)C(C)(C)C)c2)[C@H](OC(C)=O)[C@@H](OC(C)=O)[C@@H]1OC(C)=O. The molecule has 72 heavy (non-hydrogen) atoms. The van der Waals surface area contributed by atoms with Gasteiger partial charge in [0.05, 0.1) is 5.56 Å². The maximum Gasteiger partial charge on any atom is 0.303 e. The summed E-state index contributed by atoms with van der Waals surface area (Å²) in [4.78, 5) is 50.7. The minimum atomic E-state index is -2.56. The molecule has 1 fully saturated rings. The summed E-state index contributed by atoms with van der Waals surface area (Å²) in [5.41, 5.74) is 1.16. The van der Waals surface area contributed by atoms with E-state index in [9.17, 15) is 19.2 Å². The number of rotatable bonds is 16. The molecule has 404 valence electrons. The number of hydrogen-bond donors (Lipinski definition) is 0. The van der Waals surface area contributed by atoms with Crippen LogP contribution in [0.4, 0.5) is 0 Å². The number of esters is 4. The van der Waals surface area contributed by atoms with Gasteiger partial charge in [0, 0.05) is 45.4 Å². The van der Waals surface area contributed by atoms with Crippen LogP contribution in [-0.4, -0.2) is 94.5 Å². The molecule has 0 N–H and O–H groups in total. The molecule has 4 rings (SSSR count). The van der Waals surface area contributed by atoms with Crippen LogP contribution in [0.3, 0.4) is 0 Å². The van der Waals surface area contributed by atoms with E-state index in [1.807, 2.05) is 36.4 Å². The van der Waals surface area contributed by atoms with Crippen molar-refractivity contribution in [3.63, 3.8) is 0 Å². The third kappa shape index (κ3) is 14.5. The average molecular weight is 1080 g/mol. The molecule has 15 nitrogen and oxygen atoms in total. The van der Waals surface area contributed by atoms with Crippen LogP contribution in [0.25, 0.3) is 6.08 Å². The Kier molecular flexibility index (Phi) is 18.0. The molecule has 2 aliphatic heterocycles. The van der Waals surface area contributed by atoms with Gasteiger partial charge in [-0.25, -0.2) is 0 Å². The molecule has 6 atom stereocenters. The highest BCUT2D eigenvalue weighted by atomic mass is 28.4. The Morgan fingerprint density at radius 1 is 0.528 bits per heavy atom. The zero-order valence-electron chi connectivity index (χ0n) is 47.8. The lowest BCUT2D eigenvalue weighted by atomic mass is 9.97. The van der Waals surface area contributed by atoms with Crippen LogP contribution >= 0.6 is 0 Å². The molecule has 0 spiro atoms. The van der Waals surface area contributed by atoms with Gasteiger partial charge in [-0.2, -0.15) is 0 Å². The molecule has 19 heteroatoms. The summed E-state index contributed by atoms with van der Waals surface area (Å²) >= 11 is 0. The molecule has 1 saturated heterocycles. The highest BCUT2D eigenvalue weighted by Gasteiger charge is 2.54. The van der Waals surface area contributed by atoms with Crippen LogP contribution in [0.2, 0.25) is 72.5 Å². The van der Waals surface area contributed by atoms with Crippen LogP contribution in [0.5, 0.6) is 28.7 Å². The quantitative estimate of drug-likeness (QED) is 0.0883. The van der Waals surface area contributed by atoms with Gasteiger partial charge in [0.25, 0.3) is 25.0 Å². The molecule has 2 aliphatic rings. The fourth-order valence-electron chi connectivity index (χ4n) is 6.69. The fourth-order valence-corrected chi connectivity index (χ4v) is 10.8. The van der Waals surface area contributed by atoms with Crippen molar-refractivity contribution in [3.8, 4) is 28.7 Å². The van der Waals surface area contributed by atoms with Crippen molar-refractivity contribution in [3.05, 3.63) is 47.2 Å². The van der Waals surface area contributed by atoms with Crippen molar-refractivity contribution in [1.82, 2.24) is 0 Å². The standard InChI is InChI=1S/C53H86O15Si4/c1-32(54)58-31-44-46(59-33(2)55)47(60-34(3)56)48(61-35(4)57)49(64-44)63-43-30-38-40(28-37(65-69(17,18)50(5,6)7)29-41(38)67-71(21,22)52(11,12)13)62-45(43)36-25-26-39(66-70(19,20)51(8,9)10)42(27-36)68-72(23,24)53(14,15)16/h25-30,44-49H,31H2,1-24H3/t44-,45-,46-,47+,48-,49-/m1/s1. The smallest absolute Gasteiger partial charge is 0.303 e. The Morgan fingerprint density at radius 2 is 0.972 bits per heavy atom. The topological polar surface area (TPSA) is 170 Å². The first kappa shape index (κ1) is 60.2. The van der Waals surface area contributed by atoms with Gasteiger partial charge in [0.1, 0.15) is 47.2 Å². The Hall–Kier alpha value is -4.31. The first-order chi connectivity index (χ1) is 32.5. The van der Waals surface area contributed by atoms with Gasteiger partial charge >= 0.3 is 23.9 Å². The van der Waals surface area contributed by atoms with E-state index < -0.39 is 101 Å². The van der Waals surface area contributed by atoms with Crippen LogP contribution in [0.15, 0.2) is 36.1 Å². The number of benzene rings is 2. The van der Waals surface area contributed by atoms with Crippen molar-refractivity contribution >= 4 is 63.2 Å². The zero-order valence-corrected chi connectivity index (χ0v) is 51.8. The van der Waals surface area contributed by atoms with Crippen molar-refractivity contribution in [2.75, 3.05) is 6.61 Å². The maximum atomic E-state index is 13.0. The van der Waals surface area contributed by atoms with Crippen LogP contribution < -0.4 is 22.4 Å². The van der Waals surface area contributed by atoms with Gasteiger partial charge < -0.3 is 50.9 Å². The van der Waals surface area contributed by atoms with Crippen LogP contribution in [-0.2, 0) is 47.6 Å². The van der Waals surface area contributed by atoms with E-state index in [1.165, 1.54) is 27.7 Å². The number of fused-ring (bicyclic) bond motifs is 1. The molecular weight excluding hydrogens is 989 g/mol. The van der Waals surface area contributed by atoms with Crippen LogP contribution in [0.1, 0.15) is 128 Å². The molecule has 0 unspecified atom stereocenters. The van der Waals surface area contributed by atoms with Crippen molar-refractivity contribution in [2.24, 2.45) is 0 Å². The van der Waals surface area contributed by atoms with E-state index >= 15 is 0 Å². The number of hydrogen-bond acceptors (Lipinski definition) is 15. The normalized spacial score (nSPS) is 21.2. The molecule has 0 radical (unpaired) electrons. The predicted molar refractivity (Wildman–Crippen MR) is 289 cm³/mol. The van der Waals surface area contributed by atoms with Gasteiger partial charge in [-0.15, -0.1) is 0 Å². The van der Waals surface area contributed by atoms with E-state index in [-0.39, 0.29) is 25.9 Å². The summed E-state index contributed by atoms with van der Waals surface area (Å²) in [6.45, 7) is 47.8. The van der Waals surface area contributed by atoms with E-state index in [4.69, 9.17) is 50.9 Å². The molecule has 2 heterocycles. The summed E-state index contributed by atoms with van der Waals surface area (Å²) in [6.07, 6.45) is -6.46. The molecule has 0 aromatic heterocycles. The fraction of sp³-hybridized carbons (Fsp3) is 0.660. The van der Waals surface area contributed by atoms with Gasteiger partial charge in [-0.1, -0.05) is 89.2 Å². The number of ether oxygens (including phenoxy) is 7. The summed E-state index contributed by atoms with van der Waals surface area (Å²) in [5, 5.41) is -0.645. The molecule has 0 amide bonds. The van der Waals surface area contributed by atoms with Gasteiger partial charge in [0.2, 0.25) is 20.7 Å². The van der Waals surface area contributed by atoms with Crippen LogP contribution in [0, 0.1) is 0 Å². The second-order valence-electron chi connectivity index (χ2n) is 25.2. The second kappa shape index (κ2) is 21.5. The Balaban J connectivity index is 2.13. The van der Waals surface area contributed by atoms with E-state index in [2.05, 4.69) is 135 Å². The lowest BCUT2D eigenvalue weighted by Crippen LogP contribution is -2.63. The first-order valence-corrected chi connectivity index (χ1v) is 36.5. The summed E-state index contributed by atoms with van der Waals surface area (Å²) < 4.78 is 71.7. The van der Waals surface area contributed by atoms with Crippen molar-refractivity contribution < 1.29 is 70.0 Å². The zero-order chi connectivity index (χ0) is 55.1. The molecule has 0 aliphatic carbocycles. The number of carbonyl (C=O) groups is 4. The van der Waals surface area contributed by atoms with Crippen molar-refractivity contribution in [2.45, 2.75) is 220 Å². The summed E-state index contributed by atoms with van der Waals surface area (Å²) in [6, 6.07) is 9.52. The van der Waals surface area contributed by atoms with Gasteiger partial charge in [0.15, 0.2) is 18.3 Å². The first-order valence-electron chi connectivity index (χ1n) is 24.9. The Labute approximate surface area is 434 Å². The van der Waals surface area contributed by atoms with Crippen molar-refractivity contribution in [1.29, 1.82) is 0 Å². The monoisotopic (exact) mass is 1070 g/mol. The number of carbonyl (C=O) groups excluding carboxylic acids is 4. The molecule has 0 saturated carbocycles. The highest BCUT2D eigenvalue weighted by Crippen LogP contribution is 2.51. The average Bonchev–Trinajstić information content (AvgIpc) is 3.17. The Morgan fingerprint density at radius 3 is 1.44 bits per heavy atom. The lowest BCUT2D eigenvalue weighted by Gasteiger charge is -2.45. The molecule has 0 bridgehead atoms. The highest BCUT2D eigenvalue weighted by molar-refractivity contribution is 6.76. The largest absolute Gasteiger partial charge is 0.543 e. The summed E-state index contributed by atoms with van der Waals surface area (Å²) in [5.74, 6) is -0.0669. The summed E-state index contributed by atoms with van der Waals surface area (Å²) in [7, 11) is -9.91. The van der Waals surface area contributed by atoms with Gasteiger partial charge in [-0.3, -0.25) is 19.2 Å². The third-order valence-corrected chi connectivity index (χ3v) is 32.4.